The molecule has 0 fully saturated rings. The molecule has 234 valence electrons. The summed E-state index contributed by atoms with van der Waals surface area (Å²) < 4.78 is 21.6. The van der Waals surface area contributed by atoms with Crippen molar-refractivity contribution in [3.05, 3.63) is 106 Å². The summed E-state index contributed by atoms with van der Waals surface area (Å²) in [4.78, 5) is 40.8. The van der Waals surface area contributed by atoms with Crippen LogP contribution in [0.3, 0.4) is 0 Å². The number of benzene rings is 4. The Morgan fingerprint density at radius 3 is 2.39 bits per heavy atom. The van der Waals surface area contributed by atoms with Gasteiger partial charge in [-0.05, 0) is 73.2 Å². The second-order valence-corrected chi connectivity index (χ2v) is 10.6. The van der Waals surface area contributed by atoms with Crippen molar-refractivity contribution in [2.24, 2.45) is 5.10 Å². The summed E-state index contributed by atoms with van der Waals surface area (Å²) in [5.41, 5.74) is 5.51. The molecule has 1 aromatic heterocycles. The number of carbonyl (C=O) groups excluding carboxylic acids is 3. The molecule has 1 heterocycles. The van der Waals surface area contributed by atoms with E-state index < -0.39 is 17.8 Å². The monoisotopic (exact) mass is 659 g/mol. The fourth-order valence-electron chi connectivity index (χ4n) is 4.65. The van der Waals surface area contributed by atoms with Crippen molar-refractivity contribution in [2.75, 3.05) is 13.7 Å². The predicted molar refractivity (Wildman–Crippen MR) is 176 cm³/mol. The molecule has 0 spiro atoms. The van der Waals surface area contributed by atoms with E-state index in [-0.39, 0.29) is 34.3 Å². The van der Waals surface area contributed by atoms with Crippen LogP contribution in [0, 0.1) is 0 Å². The zero-order valence-electron chi connectivity index (χ0n) is 24.9. The van der Waals surface area contributed by atoms with Gasteiger partial charge in [0.25, 0.3) is 5.91 Å². The van der Waals surface area contributed by atoms with Crippen molar-refractivity contribution in [1.82, 2.24) is 10.4 Å². The largest absolute Gasteiger partial charge is 0.493 e. The molecule has 46 heavy (non-hydrogen) atoms. The topological polar surface area (TPSA) is 128 Å². The Morgan fingerprint density at radius 2 is 1.65 bits per heavy atom. The molecule has 0 aliphatic carbocycles. The molecule has 0 unspecified atom stereocenters. The fourth-order valence-corrected chi connectivity index (χ4v) is 5.05. The van der Waals surface area contributed by atoms with Crippen LogP contribution in [0.5, 0.6) is 23.0 Å². The van der Waals surface area contributed by atoms with E-state index in [1.54, 1.807) is 49.4 Å². The van der Waals surface area contributed by atoms with Gasteiger partial charge in [0.05, 0.1) is 25.5 Å². The van der Waals surface area contributed by atoms with Crippen molar-refractivity contribution >= 4 is 58.2 Å². The molecule has 10 nitrogen and oxygen atoms in total. The smallest absolute Gasteiger partial charge is 0.343 e. The minimum atomic E-state index is -0.684. The highest BCUT2D eigenvalue weighted by Gasteiger charge is 2.21. The number of hydrogen-bond acceptors (Lipinski definition) is 8. The van der Waals surface area contributed by atoms with Crippen LogP contribution in [0.15, 0.2) is 84.0 Å². The lowest BCUT2D eigenvalue weighted by Gasteiger charge is -2.13. The van der Waals surface area contributed by atoms with Crippen LogP contribution < -0.4 is 24.4 Å². The van der Waals surface area contributed by atoms with E-state index in [4.69, 9.17) is 42.1 Å². The summed E-state index contributed by atoms with van der Waals surface area (Å²) in [6.07, 6.45) is 1.43. The Labute approximate surface area is 273 Å². The lowest BCUT2D eigenvalue weighted by molar-refractivity contribution is -0.132. The average Bonchev–Trinajstić information content (AvgIpc) is 3.41. The standard InChI is InChI=1S/C34H27Cl2N3O7/c1-4-44-30-15-20(9-13-28(30)46-34(42)21-10-14-27(45-19(2)40)29(16-21)43-3)18-37-39-33(41)32-31(23-7-5-6-8-25(23)36)24-17-22(35)11-12-26(24)38-32/h5-18,38H,4H2,1-3H3,(H,39,41). The molecule has 0 aliphatic heterocycles. The van der Waals surface area contributed by atoms with Gasteiger partial charge in [0.1, 0.15) is 5.69 Å². The maximum atomic E-state index is 13.3. The lowest BCUT2D eigenvalue weighted by atomic mass is 10.0. The van der Waals surface area contributed by atoms with E-state index in [1.807, 2.05) is 18.2 Å². The van der Waals surface area contributed by atoms with E-state index in [2.05, 4.69) is 15.5 Å². The molecule has 5 rings (SSSR count). The number of esters is 2. The molecule has 4 aromatic carbocycles. The van der Waals surface area contributed by atoms with Crippen molar-refractivity contribution < 1.29 is 33.3 Å². The highest BCUT2D eigenvalue weighted by Crippen LogP contribution is 2.38. The van der Waals surface area contributed by atoms with Gasteiger partial charge in [-0.2, -0.15) is 5.10 Å². The van der Waals surface area contributed by atoms with Crippen molar-refractivity contribution in [3.63, 3.8) is 0 Å². The zero-order chi connectivity index (χ0) is 32.8. The number of aromatic nitrogens is 1. The normalized spacial score (nSPS) is 11.0. The second kappa shape index (κ2) is 14.2. The van der Waals surface area contributed by atoms with E-state index in [9.17, 15) is 14.4 Å². The van der Waals surface area contributed by atoms with Gasteiger partial charge < -0.3 is 23.9 Å². The van der Waals surface area contributed by atoms with Crippen LogP contribution in [-0.4, -0.2) is 42.8 Å². The van der Waals surface area contributed by atoms with Gasteiger partial charge >= 0.3 is 11.9 Å². The number of carbonyl (C=O) groups is 3. The highest BCUT2D eigenvalue weighted by atomic mass is 35.5. The second-order valence-electron chi connectivity index (χ2n) is 9.73. The third-order valence-corrected chi connectivity index (χ3v) is 7.20. The zero-order valence-corrected chi connectivity index (χ0v) is 26.4. The third-order valence-electron chi connectivity index (χ3n) is 6.63. The first-order valence-electron chi connectivity index (χ1n) is 13.9. The molecular weight excluding hydrogens is 633 g/mol. The van der Waals surface area contributed by atoms with Gasteiger partial charge in [-0.1, -0.05) is 41.4 Å². The van der Waals surface area contributed by atoms with Crippen LogP contribution in [0.2, 0.25) is 10.0 Å². The maximum absolute atomic E-state index is 13.3. The Bertz CT molecular complexity index is 1990. The van der Waals surface area contributed by atoms with Crippen LogP contribution >= 0.6 is 23.2 Å². The Kier molecular flexibility index (Phi) is 9.90. The molecule has 0 atom stereocenters. The Balaban J connectivity index is 1.35. The number of hydrazone groups is 1. The number of fused-ring (bicyclic) bond motifs is 1. The van der Waals surface area contributed by atoms with Gasteiger partial charge in [-0.3, -0.25) is 9.59 Å². The molecule has 2 N–H and O–H groups in total. The first-order chi connectivity index (χ1) is 22.2. The fraction of sp³-hybridized carbons (Fsp3) is 0.118. The molecule has 0 saturated heterocycles. The number of nitrogens with one attached hydrogen (secondary N) is 2. The SMILES string of the molecule is CCOc1cc(C=NNC(=O)c2[nH]c3ccc(Cl)cc3c2-c2ccccc2Cl)ccc1OC(=O)c1ccc(OC(C)=O)c(OC)c1. The van der Waals surface area contributed by atoms with Crippen LogP contribution in [0.25, 0.3) is 22.0 Å². The summed E-state index contributed by atoms with van der Waals surface area (Å²) in [5, 5.41) is 5.86. The summed E-state index contributed by atoms with van der Waals surface area (Å²) in [6, 6.07) is 21.6. The summed E-state index contributed by atoms with van der Waals surface area (Å²) in [5.74, 6) is -0.895. The molecule has 12 heteroatoms. The first kappa shape index (κ1) is 32.1. The third kappa shape index (κ3) is 7.14. The quantitative estimate of drug-likeness (QED) is 0.0689. The number of hydrogen-bond donors (Lipinski definition) is 2. The number of rotatable bonds is 10. The number of ether oxygens (including phenoxy) is 4. The van der Waals surface area contributed by atoms with Crippen LogP contribution in [0.4, 0.5) is 0 Å². The summed E-state index contributed by atoms with van der Waals surface area (Å²) in [7, 11) is 1.39. The Hall–Kier alpha value is -5.32. The number of methoxy groups -OCH3 is 1. The van der Waals surface area contributed by atoms with Gasteiger partial charge in [0.15, 0.2) is 23.0 Å². The first-order valence-corrected chi connectivity index (χ1v) is 14.7. The number of halogens is 2. The van der Waals surface area contributed by atoms with Crippen molar-refractivity contribution in [3.8, 4) is 34.1 Å². The van der Waals surface area contributed by atoms with E-state index in [1.165, 1.54) is 38.4 Å². The molecule has 1 amide bonds. The minimum Gasteiger partial charge on any atom is -0.493 e. The van der Waals surface area contributed by atoms with E-state index in [0.29, 0.717) is 38.9 Å². The van der Waals surface area contributed by atoms with E-state index in [0.717, 1.165) is 5.39 Å². The number of amides is 1. The Morgan fingerprint density at radius 1 is 0.891 bits per heavy atom. The van der Waals surface area contributed by atoms with Crippen LogP contribution in [-0.2, 0) is 4.79 Å². The van der Waals surface area contributed by atoms with Crippen LogP contribution in [0.1, 0.15) is 40.3 Å². The summed E-state index contributed by atoms with van der Waals surface area (Å²) in [6.45, 7) is 3.34. The molecule has 5 aromatic rings. The number of H-pyrrole nitrogens is 1. The predicted octanol–water partition coefficient (Wildman–Crippen LogP) is 7.46. The van der Waals surface area contributed by atoms with Gasteiger partial charge in [-0.15, -0.1) is 0 Å². The molecule has 0 saturated carbocycles. The minimum absolute atomic E-state index is 0.164. The molecule has 0 bridgehead atoms. The van der Waals surface area contributed by atoms with Gasteiger partial charge in [0, 0.05) is 39.0 Å². The molecular formula is C34H27Cl2N3O7. The van der Waals surface area contributed by atoms with Gasteiger partial charge in [0.2, 0.25) is 0 Å². The molecule has 0 aliphatic rings. The van der Waals surface area contributed by atoms with Crippen molar-refractivity contribution in [2.45, 2.75) is 13.8 Å². The van der Waals surface area contributed by atoms with Crippen molar-refractivity contribution in [1.29, 1.82) is 0 Å². The lowest BCUT2D eigenvalue weighted by Crippen LogP contribution is -2.19. The maximum Gasteiger partial charge on any atom is 0.343 e. The highest BCUT2D eigenvalue weighted by molar-refractivity contribution is 6.34. The number of nitrogens with zero attached hydrogens (tertiary/aromatic N) is 1. The van der Waals surface area contributed by atoms with Gasteiger partial charge in [-0.25, -0.2) is 10.2 Å². The number of aromatic amines is 1. The summed E-state index contributed by atoms with van der Waals surface area (Å²) >= 11 is 12.8. The molecule has 0 radical (unpaired) electrons. The average molecular weight is 661 g/mol. The van der Waals surface area contributed by atoms with E-state index >= 15 is 0 Å².